The maximum absolute atomic E-state index is 12.0. The Morgan fingerprint density at radius 3 is 2.50 bits per heavy atom. The van der Waals surface area contributed by atoms with Crippen molar-refractivity contribution in [3.05, 3.63) is 71.5 Å². The minimum absolute atomic E-state index is 0.0235. The topological polar surface area (TPSA) is 179 Å². The van der Waals surface area contributed by atoms with Crippen LogP contribution in [0.3, 0.4) is 0 Å². The number of nitrogens with two attached hydrogens (primary N) is 2. The molecule has 4 rings (SSSR count). The molecule has 2 aromatic heterocycles. The second kappa shape index (κ2) is 7.92. The molecule has 0 aliphatic heterocycles. The van der Waals surface area contributed by atoms with Gasteiger partial charge < -0.3 is 16.6 Å². The molecule has 12 nitrogen and oxygen atoms in total. The Kier molecular flexibility index (Phi) is 4.98. The van der Waals surface area contributed by atoms with Crippen molar-refractivity contribution in [1.82, 2.24) is 19.7 Å². The number of phenols is 1. The first-order valence-electron chi connectivity index (χ1n) is 8.94. The number of carbonyl (C=O) groups excluding carboxylic acids is 2. The molecule has 2 amide bonds. The highest BCUT2D eigenvalue weighted by Crippen LogP contribution is 2.39. The van der Waals surface area contributed by atoms with Crippen LogP contribution in [0, 0.1) is 6.57 Å². The molecule has 5 N–H and O–H groups in total. The Balaban J connectivity index is 1.88. The standard InChI is InChI=1S/C20H13N9O3/c1-23-14-9-26-29(20-24-5-2-6-25-20)19(14)28-27-13-8-10-3-4-11(17(21)31)7-12(10)15(16(13)30)18(22)32/h2-9,30H,(H2,21,31)(H2,22,32). The number of hydrogen-bond donors (Lipinski definition) is 3. The van der Waals surface area contributed by atoms with Gasteiger partial charge in [0.15, 0.2) is 11.6 Å². The minimum Gasteiger partial charge on any atom is -0.505 e. The lowest BCUT2D eigenvalue weighted by Crippen LogP contribution is -2.13. The summed E-state index contributed by atoms with van der Waals surface area (Å²) in [5, 5.41) is 23.5. The van der Waals surface area contributed by atoms with Gasteiger partial charge in [-0.2, -0.15) is 9.78 Å². The van der Waals surface area contributed by atoms with Crippen LogP contribution in [-0.2, 0) is 0 Å². The van der Waals surface area contributed by atoms with Gasteiger partial charge in [-0.05, 0) is 35.0 Å². The number of hydrogen-bond acceptors (Lipinski definition) is 8. The predicted octanol–water partition coefficient (Wildman–Crippen LogP) is 2.69. The highest BCUT2D eigenvalue weighted by molar-refractivity contribution is 6.12. The maximum atomic E-state index is 12.0. The summed E-state index contributed by atoms with van der Waals surface area (Å²) in [6.45, 7) is 7.32. The van der Waals surface area contributed by atoms with E-state index in [2.05, 4.69) is 30.1 Å². The van der Waals surface area contributed by atoms with E-state index >= 15 is 0 Å². The Hall–Kier alpha value is -5.18. The fourth-order valence-corrected chi connectivity index (χ4v) is 3.00. The molecular formula is C20H13N9O3. The first-order chi connectivity index (χ1) is 15.4. The molecule has 12 heteroatoms. The average molecular weight is 427 g/mol. The van der Waals surface area contributed by atoms with Crippen molar-refractivity contribution in [3.63, 3.8) is 0 Å². The second-order valence-electron chi connectivity index (χ2n) is 6.41. The van der Waals surface area contributed by atoms with E-state index in [1.807, 2.05) is 0 Å². The molecule has 32 heavy (non-hydrogen) atoms. The number of aromatic hydroxyl groups is 1. The van der Waals surface area contributed by atoms with E-state index in [1.54, 1.807) is 6.07 Å². The average Bonchev–Trinajstić information content (AvgIpc) is 3.20. The number of amides is 2. The highest BCUT2D eigenvalue weighted by atomic mass is 16.3. The Morgan fingerprint density at radius 2 is 1.84 bits per heavy atom. The zero-order chi connectivity index (χ0) is 22.8. The van der Waals surface area contributed by atoms with E-state index in [0.29, 0.717) is 5.39 Å². The summed E-state index contributed by atoms with van der Waals surface area (Å²) < 4.78 is 1.21. The fraction of sp³-hybridized carbons (Fsp3) is 0. The zero-order valence-corrected chi connectivity index (χ0v) is 16.2. The monoisotopic (exact) mass is 427 g/mol. The molecule has 2 aromatic carbocycles. The summed E-state index contributed by atoms with van der Waals surface area (Å²) in [4.78, 5) is 35.0. The van der Waals surface area contributed by atoms with Gasteiger partial charge in [0.2, 0.25) is 5.91 Å². The number of benzene rings is 2. The third-order valence-electron chi connectivity index (χ3n) is 4.46. The third kappa shape index (κ3) is 3.46. The number of fused-ring (bicyclic) bond motifs is 1. The van der Waals surface area contributed by atoms with Gasteiger partial charge in [0.25, 0.3) is 17.5 Å². The molecule has 0 saturated carbocycles. The molecule has 0 spiro atoms. The van der Waals surface area contributed by atoms with Crippen molar-refractivity contribution >= 4 is 39.8 Å². The van der Waals surface area contributed by atoms with Crippen LogP contribution in [-0.4, -0.2) is 36.7 Å². The van der Waals surface area contributed by atoms with Gasteiger partial charge in [0.05, 0.1) is 18.3 Å². The van der Waals surface area contributed by atoms with Gasteiger partial charge in [-0.25, -0.2) is 14.8 Å². The van der Waals surface area contributed by atoms with Crippen LogP contribution in [0.2, 0.25) is 0 Å². The summed E-state index contributed by atoms with van der Waals surface area (Å²) in [5.74, 6) is -1.99. The molecule has 0 unspecified atom stereocenters. The third-order valence-corrected chi connectivity index (χ3v) is 4.46. The van der Waals surface area contributed by atoms with E-state index in [4.69, 9.17) is 18.0 Å². The number of primary amides is 2. The van der Waals surface area contributed by atoms with E-state index in [-0.39, 0.29) is 39.7 Å². The van der Waals surface area contributed by atoms with Crippen LogP contribution in [0.25, 0.3) is 21.6 Å². The summed E-state index contributed by atoms with van der Waals surface area (Å²) in [6.07, 6.45) is 4.27. The molecule has 0 fully saturated rings. The summed E-state index contributed by atoms with van der Waals surface area (Å²) in [6, 6.07) is 7.42. The molecule has 0 atom stereocenters. The van der Waals surface area contributed by atoms with Gasteiger partial charge in [-0.3, -0.25) is 9.59 Å². The zero-order valence-electron chi connectivity index (χ0n) is 16.2. The quantitative estimate of drug-likeness (QED) is 0.325. The summed E-state index contributed by atoms with van der Waals surface area (Å²) in [5.41, 5.74) is 10.6. The lowest BCUT2D eigenvalue weighted by molar-refractivity contribution is 0.0989. The van der Waals surface area contributed by atoms with Crippen molar-refractivity contribution in [2.45, 2.75) is 0 Å². The molecule has 0 aliphatic carbocycles. The van der Waals surface area contributed by atoms with Gasteiger partial charge >= 0.3 is 0 Å². The molecular weight excluding hydrogens is 414 g/mol. The van der Waals surface area contributed by atoms with Crippen LogP contribution < -0.4 is 11.5 Å². The lowest BCUT2D eigenvalue weighted by Gasteiger charge is -2.09. The van der Waals surface area contributed by atoms with E-state index in [1.165, 1.54) is 47.5 Å². The number of aromatic nitrogens is 4. The van der Waals surface area contributed by atoms with Crippen molar-refractivity contribution in [2.75, 3.05) is 0 Å². The van der Waals surface area contributed by atoms with Crippen LogP contribution in [0.1, 0.15) is 20.7 Å². The van der Waals surface area contributed by atoms with Crippen molar-refractivity contribution in [3.8, 4) is 11.7 Å². The van der Waals surface area contributed by atoms with Gasteiger partial charge in [-0.15, -0.1) is 10.2 Å². The largest absolute Gasteiger partial charge is 0.505 e. The first-order valence-corrected chi connectivity index (χ1v) is 8.94. The molecule has 0 aliphatic rings. The van der Waals surface area contributed by atoms with Gasteiger partial charge in [-0.1, -0.05) is 6.07 Å². The molecule has 2 heterocycles. The molecule has 0 bridgehead atoms. The molecule has 4 aromatic rings. The van der Waals surface area contributed by atoms with Crippen LogP contribution in [0.5, 0.6) is 5.75 Å². The van der Waals surface area contributed by atoms with Gasteiger partial charge in [0, 0.05) is 18.0 Å². The molecule has 0 saturated heterocycles. The molecule has 156 valence electrons. The lowest BCUT2D eigenvalue weighted by atomic mass is 9.99. The van der Waals surface area contributed by atoms with Crippen molar-refractivity contribution < 1.29 is 14.7 Å². The van der Waals surface area contributed by atoms with Gasteiger partial charge in [0.1, 0.15) is 5.69 Å². The number of azo groups is 1. The fourth-order valence-electron chi connectivity index (χ4n) is 3.00. The maximum Gasteiger partial charge on any atom is 0.253 e. The van der Waals surface area contributed by atoms with E-state index in [9.17, 15) is 14.7 Å². The Labute approximate surface area is 179 Å². The van der Waals surface area contributed by atoms with Crippen LogP contribution in [0.15, 0.2) is 59.2 Å². The minimum atomic E-state index is -0.934. The van der Waals surface area contributed by atoms with Crippen molar-refractivity contribution in [1.29, 1.82) is 0 Å². The van der Waals surface area contributed by atoms with Crippen LogP contribution in [0.4, 0.5) is 17.2 Å². The summed E-state index contributed by atoms with van der Waals surface area (Å²) in [7, 11) is 0. The summed E-state index contributed by atoms with van der Waals surface area (Å²) >= 11 is 0. The normalized spacial score (nSPS) is 11.0. The number of carbonyl (C=O) groups is 2. The smallest absolute Gasteiger partial charge is 0.253 e. The van der Waals surface area contributed by atoms with Crippen LogP contribution >= 0.6 is 0 Å². The number of nitrogens with zero attached hydrogens (tertiary/aromatic N) is 7. The van der Waals surface area contributed by atoms with E-state index < -0.39 is 17.6 Å². The SMILES string of the molecule is [C-]#[N+]c1cnn(-c2ncccn2)c1N=Nc1cc2ccc(C(N)=O)cc2c(C(N)=O)c1O. The Morgan fingerprint density at radius 1 is 1.09 bits per heavy atom. The second-order valence-corrected chi connectivity index (χ2v) is 6.41. The predicted molar refractivity (Wildman–Crippen MR) is 112 cm³/mol. The van der Waals surface area contributed by atoms with E-state index in [0.717, 1.165) is 0 Å². The highest BCUT2D eigenvalue weighted by Gasteiger charge is 2.19. The van der Waals surface area contributed by atoms with Crippen molar-refractivity contribution in [2.24, 2.45) is 21.7 Å². The Bertz CT molecular complexity index is 1450. The number of rotatable bonds is 5. The first kappa shape index (κ1) is 20.1. The molecule has 0 radical (unpaired) electrons.